The highest BCUT2D eigenvalue weighted by Gasteiger charge is 2.08. The van der Waals surface area contributed by atoms with Gasteiger partial charge in [0.25, 0.3) is 5.91 Å². The van der Waals surface area contributed by atoms with Gasteiger partial charge in [-0.25, -0.2) is 9.37 Å². The first-order chi connectivity index (χ1) is 15.1. The largest absolute Gasteiger partial charge is 0.439 e. The molecule has 0 unspecified atom stereocenters. The van der Waals surface area contributed by atoms with Gasteiger partial charge in [-0.3, -0.25) is 4.79 Å². The van der Waals surface area contributed by atoms with Crippen molar-refractivity contribution in [2.45, 2.75) is 13.5 Å². The smallest absolute Gasteiger partial charge is 0.251 e. The van der Waals surface area contributed by atoms with Gasteiger partial charge < -0.3 is 10.1 Å². The summed E-state index contributed by atoms with van der Waals surface area (Å²) in [7, 11) is 0. The van der Waals surface area contributed by atoms with Crippen molar-refractivity contribution in [2.24, 2.45) is 0 Å². The highest BCUT2D eigenvalue weighted by atomic mass is 19.1. The molecular weight excluding hydrogens is 393 g/mol. The van der Waals surface area contributed by atoms with Gasteiger partial charge >= 0.3 is 0 Å². The number of hydrogen-bond acceptors (Lipinski definition) is 4. The van der Waals surface area contributed by atoms with Crippen molar-refractivity contribution in [1.82, 2.24) is 15.3 Å². The molecule has 1 N–H and O–H groups in total. The molecular formula is C25H20FN3O2. The summed E-state index contributed by atoms with van der Waals surface area (Å²) in [5, 5.41) is 2.91. The van der Waals surface area contributed by atoms with Crippen molar-refractivity contribution in [1.29, 1.82) is 0 Å². The van der Waals surface area contributed by atoms with Crippen molar-refractivity contribution in [3.05, 3.63) is 108 Å². The first-order valence-electron chi connectivity index (χ1n) is 9.77. The molecule has 0 aliphatic rings. The topological polar surface area (TPSA) is 64.1 Å². The molecule has 1 aromatic heterocycles. The van der Waals surface area contributed by atoms with Crippen LogP contribution in [0.15, 0.2) is 85.1 Å². The predicted molar refractivity (Wildman–Crippen MR) is 116 cm³/mol. The van der Waals surface area contributed by atoms with E-state index < -0.39 is 0 Å². The summed E-state index contributed by atoms with van der Waals surface area (Å²) in [6.07, 6.45) is 1.58. The second-order valence-electron chi connectivity index (χ2n) is 7.02. The van der Waals surface area contributed by atoms with Gasteiger partial charge in [-0.05, 0) is 61.0 Å². The van der Waals surface area contributed by atoms with E-state index in [0.29, 0.717) is 35.1 Å². The molecule has 1 heterocycles. The third-order valence-electron chi connectivity index (χ3n) is 4.65. The number of ether oxygens (including phenoxy) is 1. The summed E-state index contributed by atoms with van der Waals surface area (Å²) >= 11 is 0. The summed E-state index contributed by atoms with van der Waals surface area (Å²) in [6.45, 7) is 2.49. The molecule has 154 valence electrons. The summed E-state index contributed by atoms with van der Waals surface area (Å²) in [4.78, 5) is 20.9. The number of halogens is 1. The Morgan fingerprint density at radius 2 is 1.65 bits per heavy atom. The molecule has 3 aromatic carbocycles. The van der Waals surface area contributed by atoms with Crippen LogP contribution in [0.4, 0.5) is 4.39 Å². The van der Waals surface area contributed by atoms with Crippen LogP contribution < -0.4 is 10.1 Å². The average molecular weight is 413 g/mol. The lowest BCUT2D eigenvalue weighted by Gasteiger charge is -2.08. The zero-order valence-corrected chi connectivity index (χ0v) is 16.9. The quantitative estimate of drug-likeness (QED) is 0.465. The number of rotatable bonds is 6. The van der Waals surface area contributed by atoms with E-state index in [-0.39, 0.29) is 11.7 Å². The van der Waals surface area contributed by atoms with Crippen LogP contribution >= 0.6 is 0 Å². The van der Waals surface area contributed by atoms with Crippen molar-refractivity contribution in [3.63, 3.8) is 0 Å². The summed E-state index contributed by atoms with van der Waals surface area (Å²) < 4.78 is 18.9. The number of nitrogens with zero attached hydrogens (tertiary/aromatic N) is 2. The van der Waals surface area contributed by atoms with E-state index in [2.05, 4.69) is 15.3 Å². The second-order valence-corrected chi connectivity index (χ2v) is 7.02. The van der Waals surface area contributed by atoms with Crippen LogP contribution in [0.1, 0.15) is 21.5 Å². The fourth-order valence-electron chi connectivity index (χ4n) is 2.92. The maximum Gasteiger partial charge on any atom is 0.251 e. The van der Waals surface area contributed by atoms with E-state index in [9.17, 15) is 9.18 Å². The number of hydrogen-bond donors (Lipinski definition) is 1. The molecule has 6 heteroatoms. The van der Waals surface area contributed by atoms with Crippen LogP contribution in [-0.2, 0) is 6.54 Å². The lowest BCUT2D eigenvalue weighted by molar-refractivity contribution is 0.0951. The van der Waals surface area contributed by atoms with Gasteiger partial charge in [0, 0.05) is 29.9 Å². The third kappa shape index (κ3) is 5.30. The number of carbonyl (C=O) groups is 1. The van der Waals surface area contributed by atoms with Gasteiger partial charge in [0.05, 0.1) is 0 Å². The first-order valence-corrected chi connectivity index (χ1v) is 9.77. The SMILES string of the molecule is Cc1ccc(CNC(=O)c2ccc(Oc3ccnc(-c4ccc(F)cc4)n3)cc2)cc1. The minimum atomic E-state index is -0.320. The third-order valence-corrected chi connectivity index (χ3v) is 4.65. The van der Waals surface area contributed by atoms with Crippen molar-refractivity contribution >= 4 is 5.91 Å². The number of nitrogens with one attached hydrogen (secondary N) is 1. The zero-order valence-electron chi connectivity index (χ0n) is 16.9. The predicted octanol–water partition coefficient (Wildman–Crippen LogP) is 5.31. The van der Waals surface area contributed by atoms with Crippen LogP contribution in [0.2, 0.25) is 0 Å². The summed E-state index contributed by atoms with van der Waals surface area (Å²) in [5.74, 6) is 0.848. The van der Waals surface area contributed by atoms with E-state index >= 15 is 0 Å². The van der Waals surface area contributed by atoms with E-state index in [0.717, 1.165) is 5.56 Å². The molecule has 0 saturated carbocycles. The molecule has 0 fully saturated rings. The molecule has 0 atom stereocenters. The molecule has 0 aliphatic heterocycles. The maximum absolute atomic E-state index is 13.1. The molecule has 0 spiro atoms. The number of carbonyl (C=O) groups excluding carboxylic acids is 1. The molecule has 4 aromatic rings. The van der Waals surface area contributed by atoms with Gasteiger partial charge in [0.1, 0.15) is 11.6 Å². The molecule has 0 saturated heterocycles. The maximum atomic E-state index is 13.1. The molecule has 1 amide bonds. The van der Waals surface area contributed by atoms with E-state index in [1.807, 2.05) is 31.2 Å². The van der Waals surface area contributed by atoms with Gasteiger partial charge in [-0.1, -0.05) is 29.8 Å². The van der Waals surface area contributed by atoms with E-state index in [1.54, 1.807) is 48.7 Å². The Balaban J connectivity index is 1.39. The van der Waals surface area contributed by atoms with Gasteiger partial charge in [-0.15, -0.1) is 0 Å². The Kier molecular flexibility index (Phi) is 5.98. The molecule has 0 aliphatic carbocycles. The average Bonchev–Trinajstić information content (AvgIpc) is 2.80. The molecule has 0 radical (unpaired) electrons. The lowest BCUT2D eigenvalue weighted by Crippen LogP contribution is -2.22. The number of benzene rings is 3. The molecule has 5 nitrogen and oxygen atoms in total. The van der Waals surface area contributed by atoms with Crippen LogP contribution in [0, 0.1) is 12.7 Å². The minimum Gasteiger partial charge on any atom is -0.439 e. The summed E-state index contributed by atoms with van der Waals surface area (Å²) in [6, 6.07) is 22.4. The fourth-order valence-corrected chi connectivity index (χ4v) is 2.92. The molecule has 4 rings (SSSR count). The van der Waals surface area contributed by atoms with Crippen LogP contribution in [0.25, 0.3) is 11.4 Å². The van der Waals surface area contributed by atoms with Crippen molar-refractivity contribution < 1.29 is 13.9 Å². The Morgan fingerprint density at radius 1 is 0.935 bits per heavy atom. The first kappa shape index (κ1) is 20.2. The number of aromatic nitrogens is 2. The van der Waals surface area contributed by atoms with Crippen LogP contribution in [0.5, 0.6) is 11.6 Å². The normalized spacial score (nSPS) is 10.5. The van der Waals surface area contributed by atoms with Crippen LogP contribution in [-0.4, -0.2) is 15.9 Å². The Bertz CT molecular complexity index is 1170. The minimum absolute atomic E-state index is 0.159. The molecule has 0 bridgehead atoms. The highest BCUT2D eigenvalue weighted by Crippen LogP contribution is 2.22. The lowest BCUT2D eigenvalue weighted by atomic mass is 10.1. The Morgan fingerprint density at radius 3 is 2.35 bits per heavy atom. The van der Waals surface area contributed by atoms with Gasteiger partial charge in [0.15, 0.2) is 5.82 Å². The fraction of sp³-hybridized carbons (Fsp3) is 0.0800. The highest BCUT2D eigenvalue weighted by molar-refractivity contribution is 5.94. The Labute approximate surface area is 179 Å². The van der Waals surface area contributed by atoms with Gasteiger partial charge in [0.2, 0.25) is 5.88 Å². The monoisotopic (exact) mass is 413 g/mol. The standard InChI is InChI=1S/C25H20FN3O2/c1-17-2-4-18(5-3-17)16-28-25(30)20-8-12-22(13-9-20)31-23-14-15-27-24(29-23)19-6-10-21(26)11-7-19/h2-15H,16H2,1H3,(H,28,30). The van der Waals surface area contributed by atoms with E-state index in [1.165, 1.54) is 17.7 Å². The van der Waals surface area contributed by atoms with E-state index in [4.69, 9.17) is 4.74 Å². The zero-order chi connectivity index (χ0) is 21.6. The Hall–Kier alpha value is -4.06. The van der Waals surface area contributed by atoms with Gasteiger partial charge in [-0.2, -0.15) is 4.98 Å². The summed E-state index contributed by atoms with van der Waals surface area (Å²) in [5.41, 5.74) is 3.44. The van der Waals surface area contributed by atoms with Crippen molar-refractivity contribution in [3.8, 4) is 23.0 Å². The number of amides is 1. The second kappa shape index (κ2) is 9.17. The van der Waals surface area contributed by atoms with Crippen molar-refractivity contribution in [2.75, 3.05) is 0 Å². The van der Waals surface area contributed by atoms with Crippen LogP contribution in [0.3, 0.4) is 0 Å². The number of aryl methyl sites for hydroxylation is 1. The molecule has 31 heavy (non-hydrogen) atoms.